The van der Waals surface area contributed by atoms with Gasteiger partial charge in [-0.15, -0.1) is 11.3 Å². The Balaban J connectivity index is 2.05. The first kappa shape index (κ1) is 11.0. The van der Waals surface area contributed by atoms with Crippen LogP contribution in [0, 0.1) is 5.92 Å². The molecule has 1 aliphatic carbocycles. The predicted molar refractivity (Wildman–Crippen MR) is 71.1 cm³/mol. The first-order chi connectivity index (χ1) is 8.16. The minimum absolute atomic E-state index is 0.00249. The molecule has 0 aromatic carbocycles. The Hall–Kier alpha value is -1.13. The van der Waals surface area contributed by atoms with Gasteiger partial charge in [-0.1, -0.05) is 13.8 Å². The van der Waals surface area contributed by atoms with Gasteiger partial charge in [-0.25, -0.2) is 4.98 Å². The van der Waals surface area contributed by atoms with E-state index in [1.54, 1.807) is 0 Å². The van der Waals surface area contributed by atoms with Gasteiger partial charge in [-0.2, -0.15) is 0 Å². The summed E-state index contributed by atoms with van der Waals surface area (Å²) in [5.41, 5.74) is 9.83. The average molecular weight is 247 g/mol. The van der Waals surface area contributed by atoms with E-state index in [-0.39, 0.29) is 6.04 Å². The number of aromatic amines is 1. The van der Waals surface area contributed by atoms with E-state index in [1.807, 2.05) is 11.3 Å². The minimum atomic E-state index is 0.00249. The molecule has 0 aliphatic heterocycles. The fraction of sp³-hybridized carbons (Fsp3) is 0.462. The highest BCUT2D eigenvalue weighted by molar-refractivity contribution is 7.10. The molecule has 0 bridgehead atoms. The predicted octanol–water partition coefficient (Wildman–Crippen LogP) is 2.89. The fourth-order valence-electron chi connectivity index (χ4n) is 2.29. The van der Waals surface area contributed by atoms with E-state index in [1.165, 1.54) is 16.1 Å². The van der Waals surface area contributed by atoms with Crippen LogP contribution in [0.1, 0.15) is 36.3 Å². The maximum absolute atomic E-state index is 6.15. The smallest absolute Gasteiger partial charge is 0.124 e. The van der Waals surface area contributed by atoms with Gasteiger partial charge in [0.05, 0.1) is 11.7 Å². The van der Waals surface area contributed by atoms with Crippen molar-refractivity contribution in [2.24, 2.45) is 11.7 Å². The molecule has 3 N–H and O–H groups in total. The lowest BCUT2D eigenvalue weighted by atomic mass is 10.0. The van der Waals surface area contributed by atoms with Crippen molar-refractivity contribution in [2.75, 3.05) is 0 Å². The van der Waals surface area contributed by atoms with Crippen LogP contribution in [0.2, 0.25) is 0 Å². The zero-order valence-electron chi connectivity index (χ0n) is 10.2. The molecule has 90 valence electrons. The zero-order valence-corrected chi connectivity index (χ0v) is 11.0. The summed E-state index contributed by atoms with van der Waals surface area (Å²) in [5.74, 6) is 1.34. The van der Waals surface area contributed by atoms with Crippen LogP contribution in [0.25, 0.3) is 11.3 Å². The molecule has 0 radical (unpaired) electrons. The second kappa shape index (κ2) is 3.96. The van der Waals surface area contributed by atoms with E-state index < -0.39 is 0 Å². The maximum atomic E-state index is 6.15. The summed E-state index contributed by atoms with van der Waals surface area (Å²) in [6.07, 6.45) is 2.18. The van der Waals surface area contributed by atoms with Crippen LogP contribution in [0.5, 0.6) is 0 Å². The Kier molecular flexibility index (Phi) is 2.56. The van der Waals surface area contributed by atoms with Crippen LogP contribution in [0.4, 0.5) is 0 Å². The van der Waals surface area contributed by atoms with Gasteiger partial charge in [-0.3, -0.25) is 0 Å². The minimum Gasteiger partial charge on any atom is -0.344 e. The van der Waals surface area contributed by atoms with Gasteiger partial charge in [0, 0.05) is 16.1 Å². The number of hydrogen-bond donors (Lipinski definition) is 2. The van der Waals surface area contributed by atoms with Crippen LogP contribution in [-0.2, 0) is 12.8 Å². The van der Waals surface area contributed by atoms with E-state index in [2.05, 4.69) is 30.3 Å². The van der Waals surface area contributed by atoms with E-state index in [9.17, 15) is 0 Å². The number of nitrogens with zero attached hydrogens (tertiary/aromatic N) is 1. The summed E-state index contributed by atoms with van der Waals surface area (Å²) < 4.78 is 0. The van der Waals surface area contributed by atoms with Crippen molar-refractivity contribution in [1.29, 1.82) is 0 Å². The quantitative estimate of drug-likeness (QED) is 0.857. The SMILES string of the molecule is CC(C)C(N)c1nc2c([nH]1)CCc1sccc1-2. The van der Waals surface area contributed by atoms with Gasteiger partial charge in [-0.05, 0) is 30.2 Å². The van der Waals surface area contributed by atoms with E-state index in [4.69, 9.17) is 10.7 Å². The molecule has 2 aromatic heterocycles. The molecule has 2 aromatic rings. The molecule has 1 aliphatic rings. The summed E-state index contributed by atoms with van der Waals surface area (Å²) in [4.78, 5) is 9.58. The lowest BCUT2D eigenvalue weighted by molar-refractivity contribution is 0.493. The zero-order chi connectivity index (χ0) is 12.0. The largest absolute Gasteiger partial charge is 0.344 e. The van der Waals surface area contributed by atoms with Crippen LogP contribution in [0.3, 0.4) is 0 Å². The van der Waals surface area contributed by atoms with Crippen LogP contribution >= 0.6 is 11.3 Å². The van der Waals surface area contributed by atoms with Gasteiger partial charge < -0.3 is 10.7 Å². The third kappa shape index (κ3) is 1.72. The van der Waals surface area contributed by atoms with Crippen molar-refractivity contribution < 1.29 is 0 Å². The summed E-state index contributed by atoms with van der Waals surface area (Å²) in [5, 5.41) is 2.15. The fourth-order valence-corrected chi connectivity index (χ4v) is 3.17. The van der Waals surface area contributed by atoms with E-state index in [0.29, 0.717) is 5.92 Å². The molecular formula is C13H17N3S. The highest BCUT2D eigenvalue weighted by Gasteiger charge is 2.23. The lowest BCUT2D eigenvalue weighted by Crippen LogP contribution is -2.18. The molecule has 1 unspecified atom stereocenters. The number of rotatable bonds is 2. The molecule has 3 nitrogen and oxygen atoms in total. The summed E-state index contributed by atoms with van der Waals surface area (Å²) in [6.45, 7) is 4.25. The van der Waals surface area contributed by atoms with Crippen molar-refractivity contribution in [2.45, 2.75) is 32.7 Å². The van der Waals surface area contributed by atoms with Crippen molar-refractivity contribution >= 4 is 11.3 Å². The molecular weight excluding hydrogens is 230 g/mol. The highest BCUT2D eigenvalue weighted by atomic mass is 32.1. The number of aryl methyl sites for hydroxylation is 2. The lowest BCUT2D eigenvalue weighted by Gasteiger charge is -2.11. The summed E-state index contributed by atoms with van der Waals surface area (Å²) in [7, 11) is 0. The highest BCUT2D eigenvalue weighted by Crippen LogP contribution is 2.36. The Labute approximate surface area is 105 Å². The molecule has 17 heavy (non-hydrogen) atoms. The van der Waals surface area contributed by atoms with Crippen LogP contribution in [-0.4, -0.2) is 9.97 Å². The average Bonchev–Trinajstić information content (AvgIpc) is 2.92. The Morgan fingerprint density at radius 1 is 1.41 bits per heavy atom. The molecule has 0 amide bonds. The molecule has 0 spiro atoms. The first-order valence-corrected chi connectivity index (χ1v) is 6.96. The third-order valence-corrected chi connectivity index (χ3v) is 4.41. The molecule has 3 rings (SSSR count). The van der Waals surface area contributed by atoms with Gasteiger partial charge in [0.15, 0.2) is 0 Å². The number of imidazole rings is 1. The molecule has 4 heteroatoms. The third-order valence-electron chi connectivity index (χ3n) is 3.43. The molecule has 1 atom stereocenters. The number of hydrogen-bond acceptors (Lipinski definition) is 3. The van der Waals surface area contributed by atoms with Crippen LogP contribution < -0.4 is 5.73 Å². The second-order valence-corrected chi connectivity index (χ2v) is 5.98. The van der Waals surface area contributed by atoms with Crippen LogP contribution in [0.15, 0.2) is 11.4 Å². The Morgan fingerprint density at radius 2 is 2.24 bits per heavy atom. The molecule has 0 fully saturated rings. The molecule has 0 saturated carbocycles. The van der Waals surface area contributed by atoms with Crippen molar-refractivity contribution in [3.63, 3.8) is 0 Å². The van der Waals surface area contributed by atoms with Gasteiger partial charge >= 0.3 is 0 Å². The number of nitrogens with two attached hydrogens (primary N) is 1. The summed E-state index contributed by atoms with van der Waals surface area (Å²) >= 11 is 1.83. The molecule has 0 saturated heterocycles. The van der Waals surface area contributed by atoms with E-state index in [0.717, 1.165) is 24.4 Å². The number of thiophene rings is 1. The maximum Gasteiger partial charge on any atom is 0.124 e. The second-order valence-electron chi connectivity index (χ2n) is 4.98. The monoisotopic (exact) mass is 247 g/mol. The van der Waals surface area contributed by atoms with Gasteiger partial charge in [0.2, 0.25) is 0 Å². The van der Waals surface area contributed by atoms with Gasteiger partial charge in [0.1, 0.15) is 5.82 Å². The number of aromatic nitrogens is 2. The topological polar surface area (TPSA) is 54.7 Å². The van der Waals surface area contributed by atoms with Gasteiger partial charge in [0.25, 0.3) is 0 Å². The summed E-state index contributed by atoms with van der Waals surface area (Å²) in [6, 6.07) is 2.17. The number of nitrogens with one attached hydrogen (secondary N) is 1. The first-order valence-electron chi connectivity index (χ1n) is 6.08. The van der Waals surface area contributed by atoms with E-state index >= 15 is 0 Å². The van der Waals surface area contributed by atoms with Crippen molar-refractivity contribution in [3.05, 3.63) is 27.8 Å². The number of fused-ring (bicyclic) bond motifs is 3. The Bertz CT molecular complexity index is 539. The normalized spacial score (nSPS) is 15.8. The Morgan fingerprint density at radius 3 is 3.00 bits per heavy atom. The standard InChI is InChI=1S/C13H17N3S/c1-7(2)11(14)13-15-9-3-4-10-8(5-6-17-10)12(9)16-13/h5-7,11H,3-4,14H2,1-2H3,(H,15,16). The van der Waals surface area contributed by atoms with Crippen molar-refractivity contribution in [3.8, 4) is 11.3 Å². The number of H-pyrrole nitrogens is 1. The van der Waals surface area contributed by atoms with Crippen molar-refractivity contribution in [1.82, 2.24) is 9.97 Å². The molecule has 2 heterocycles.